The fourth-order valence-electron chi connectivity index (χ4n) is 2.36. The van der Waals surface area contributed by atoms with E-state index in [2.05, 4.69) is 20.6 Å². The zero-order chi connectivity index (χ0) is 17.6. The molecule has 7 nitrogen and oxygen atoms in total. The summed E-state index contributed by atoms with van der Waals surface area (Å²) in [5, 5.41) is 5.44. The van der Waals surface area contributed by atoms with Gasteiger partial charge in [0.2, 0.25) is 11.9 Å². The highest BCUT2D eigenvalue weighted by molar-refractivity contribution is 7.98. The average molecular weight is 358 g/mol. The molecule has 0 fully saturated rings. The first-order valence-corrected chi connectivity index (χ1v) is 9.15. The standard InChI is InChI=1S/C17H18N4O3S/c1-25-10-8-13(18-16(23)14-7-4-9-24-14)15(22)21-17-19-11-5-2-3-6-12(11)20-17/h2-7,9,13H,8,10H2,1H3,(H,18,23)(H2,19,20,21,22). The number of furan rings is 1. The van der Waals surface area contributed by atoms with E-state index >= 15 is 0 Å². The van der Waals surface area contributed by atoms with Crippen LogP contribution in [0.15, 0.2) is 47.1 Å². The Morgan fingerprint density at radius 3 is 2.84 bits per heavy atom. The van der Waals surface area contributed by atoms with Gasteiger partial charge in [-0.3, -0.25) is 14.9 Å². The third-order valence-corrected chi connectivity index (χ3v) is 4.25. The number of para-hydroxylation sites is 2. The number of anilines is 1. The number of rotatable bonds is 7. The number of amides is 2. The van der Waals surface area contributed by atoms with Gasteiger partial charge in [0.15, 0.2) is 5.76 Å². The number of aromatic amines is 1. The van der Waals surface area contributed by atoms with Gasteiger partial charge < -0.3 is 14.7 Å². The molecule has 0 saturated carbocycles. The van der Waals surface area contributed by atoms with Crippen LogP contribution in [0.1, 0.15) is 17.0 Å². The van der Waals surface area contributed by atoms with Crippen molar-refractivity contribution in [1.82, 2.24) is 15.3 Å². The van der Waals surface area contributed by atoms with Gasteiger partial charge in [0.25, 0.3) is 5.91 Å². The first-order valence-electron chi connectivity index (χ1n) is 7.76. The zero-order valence-corrected chi connectivity index (χ0v) is 14.4. The number of H-pyrrole nitrogens is 1. The number of imidazole rings is 1. The Kier molecular flexibility index (Phi) is 5.39. The summed E-state index contributed by atoms with van der Waals surface area (Å²) in [7, 11) is 0. The molecule has 130 valence electrons. The normalized spacial score (nSPS) is 12.0. The predicted molar refractivity (Wildman–Crippen MR) is 97.7 cm³/mol. The number of fused-ring (bicyclic) bond motifs is 1. The van der Waals surface area contributed by atoms with Gasteiger partial charge >= 0.3 is 0 Å². The van der Waals surface area contributed by atoms with Gasteiger partial charge in [0.05, 0.1) is 17.3 Å². The monoisotopic (exact) mass is 358 g/mol. The van der Waals surface area contributed by atoms with Crippen molar-refractivity contribution in [1.29, 1.82) is 0 Å². The predicted octanol–water partition coefficient (Wildman–Crippen LogP) is 2.65. The lowest BCUT2D eigenvalue weighted by molar-refractivity contribution is -0.118. The molecule has 2 aromatic heterocycles. The van der Waals surface area contributed by atoms with Crippen molar-refractivity contribution in [2.75, 3.05) is 17.3 Å². The smallest absolute Gasteiger partial charge is 0.287 e. The summed E-state index contributed by atoms with van der Waals surface area (Å²) in [6, 6.07) is 9.99. The van der Waals surface area contributed by atoms with E-state index in [9.17, 15) is 9.59 Å². The Balaban J connectivity index is 1.70. The average Bonchev–Trinajstić information content (AvgIpc) is 3.27. The summed E-state index contributed by atoms with van der Waals surface area (Å²) in [5.74, 6) is 0.513. The van der Waals surface area contributed by atoms with Crippen molar-refractivity contribution in [2.45, 2.75) is 12.5 Å². The minimum Gasteiger partial charge on any atom is -0.459 e. The molecule has 1 atom stereocenters. The van der Waals surface area contributed by atoms with Crippen molar-refractivity contribution < 1.29 is 14.0 Å². The molecule has 3 N–H and O–H groups in total. The second-order valence-electron chi connectivity index (χ2n) is 5.38. The van der Waals surface area contributed by atoms with Crippen molar-refractivity contribution in [3.8, 4) is 0 Å². The first-order chi connectivity index (χ1) is 12.2. The molecule has 0 aliphatic heterocycles. The number of nitrogens with one attached hydrogen (secondary N) is 3. The summed E-state index contributed by atoms with van der Waals surface area (Å²) in [5.41, 5.74) is 1.59. The van der Waals surface area contributed by atoms with E-state index in [1.165, 1.54) is 6.26 Å². The number of nitrogens with zero attached hydrogens (tertiary/aromatic N) is 1. The molecule has 1 unspecified atom stereocenters. The second kappa shape index (κ2) is 7.89. The Morgan fingerprint density at radius 1 is 1.28 bits per heavy atom. The van der Waals surface area contributed by atoms with Crippen molar-refractivity contribution in [3.05, 3.63) is 48.4 Å². The van der Waals surface area contributed by atoms with Crippen LogP contribution in [0.4, 0.5) is 5.95 Å². The Morgan fingerprint density at radius 2 is 2.12 bits per heavy atom. The number of carbonyl (C=O) groups excluding carboxylic acids is 2. The maximum Gasteiger partial charge on any atom is 0.287 e. The van der Waals surface area contributed by atoms with Gasteiger partial charge in [-0.2, -0.15) is 11.8 Å². The van der Waals surface area contributed by atoms with Crippen LogP contribution in [0.25, 0.3) is 11.0 Å². The van der Waals surface area contributed by atoms with Crippen LogP contribution in [-0.2, 0) is 4.79 Å². The molecule has 0 aliphatic rings. The van der Waals surface area contributed by atoms with Crippen LogP contribution in [0.5, 0.6) is 0 Å². The van der Waals surface area contributed by atoms with Crippen LogP contribution in [0.2, 0.25) is 0 Å². The Labute approximate surface area is 148 Å². The largest absolute Gasteiger partial charge is 0.459 e. The maximum atomic E-state index is 12.6. The summed E-state index contributed by atoms with van der Waals surface area (Å²) in [4.78, 5) is 32.1. The molecule has 0 aliphatic carbocycles. The van der Waals surface area contributed by atoms with Crippen LogP contribution < -0.4 is 10.6 Å². The fourth-order valence-corrected chi connectivity index (χ4v) is 2.83. The molecule has 0 radical (unpaired) electrons. The highest BCUT2D eigenvalue weighted by Gasteiger charge is 2.23. The van der Waals surface area contributed by atoms with E-state index in [1.54, 1.807) is 23.9 Å². The van der Waals surface area contributed by atoms with Gasteiger partial charge in [-0.25, -0.2) is 4.98 Å². The van der Waals surface area contributed by atoms with Crippen molar-refractivity contribution in [3.63, 3.8) is 0 Å². The summed E-state index contributed by atoms with van der Waals surface area (Å²) in [6.07, 6.45) is 3.86. The Hall–Kier alpha value is -2.74. The molecule has 3 aromatic rings. The molecule has 1 aromatic carbocycles. The lowest BCUT2D eigenvalue weighted by Gasteiger charge is -2.16. The van der Waals surface area contributed by atoms with Crippen LogP contribution >= 0.6 is 11.8 Å². The lowest BCUT2D eigenvalue weighted by Crippen LogP contribution is -2.44. The number of hydrogen-bond donors (Lipinski definition) is 3. The highest BCUT2D eigenvalue weighted by Crippen LogP contribution is 2.14. The molecular weight excluding hydrogens is 340 g/mol. The number of thioether (sulfide) groups is 1. The highest BCUT2D eigenvalue weighted by atomic mass is 32.2. The maximum absolute atomic E-state index is 12.6. The van der Waals surface area contributed by atoms with Crippen LogP contribution in [0.3, 0.4) is 0 Å². The van der Waals surface area contributed by atoms with Crippen LogP contribution in [-0.4, -0.2) is 39.8 Å². The molecule has 0 saturated heterocycles. The minimum atomic E-state index is -0.682. The molecule has 25 heavy (non-hydrogen) atoms. The number of benzene rings is 1. The third kappa shape index (κ3) is 4.21. The molecule has 8 heteroatoms. The van der Waals surface area contributed by atoms with Gasteiger partial charge in [-0.15, -0.1) is 0 Å². The van der Waals surface area contributed by atoms with E-state index < -0.39 is 11.9 Å². The van der Waals surface area contributed by atoms with E-state index in [4.69, 9.17) is 4.42 Å². The van der Waals surface area contributed by atoms with Gasteiger partial charge in [0.1, 0.15) is 6.04 Å². The summed E-state index contributed by atoms with van der Waals surface area (Å²) in [6.45, 7) is 0. The molecule has 2 heterocycles. The SMILES string of the molecule is CSCCC(NC(=O)c1ccco1)C(=O)Nc1nc2ccccc2[nH]1. The second-order valence-corrected chi connectivity index (χ2v) is 6.36. The molecular formula is C17H18N4O3S. The molecule has 0 bridgehead atoms. The van der Waals surface area contributed by atoms with E-state index in [1.807, 2.05) is 30.5 Å². The van der Waals surface area contributed by atoms with E-state index in [0.717, 1.165) is 16.8 Å². The van der Waals surface area contributed by atoms with Gasteiger partial charge in [0, 0.05) is 0 Å². The minimum absolute atomic E-state index is 0.172. The quantitative estimate of drug-likeness (QED) is 0.603. The molecule has 3 rings (SSSR count). The number of hydrogen-bond acceptors (Lipinski definition) is 5. The van der Waals surface area contributed by atoms with Gasteiger partial charge in [-0.1, -0.05) is 12.1 Å². The van der Waals surface area contributed by atoms with E-state index in [0.29, 0.717) is 12.4 Å². The summed E-state index contributed by atoms with van der Waals surface area (Å²) >= 11 is 1.60. The van der Waals surface area contributed by atoms with E-state index in [-0.39, 0.29) is 11.7 Å². The first kappa shape index (κ1) is 17.1. The molecule has 2 amide bonds. The fraction of sp³-hybridized carbons (Fsp3) is 0.235. The Bertz CT molecular complexity index is 827. The third-order valence-electron chi connectivity index (χ3n) is 3.61. The number of aromatic nitrogens is 2. The zero-order valence-electron chi connectivity index (χ0n) is 13.6. The molecule has 0 spiro atoms. The number of carbonyl (C=O) groups is 2. The summed E-state index contributed by atoms with van der Waals surface area (Å²) < 4.78 is 5.07. The topological polar surface area (TPSA) is 100 Å². The van der Waals surface area contributed by atoms with Gasteiger partial charge in [-0.05, 0) is 42.7 Å². The van der Waals surface area contributed by atoms with Crippen molar-refractivity contribution in [2.24, 2.45) is 0 Å². The lowest BCUT2D eigenvalue weighted by atomic mass is 10.2. The van der Waals surface area contributed by atoms with Crippen molar-refractivity contribution >= 4 is 40.6 Å². The van der Waals surface area contributed by atoms with Crippen LogP contribution in [0, 0.1) is 0 Å².